The zero-order valence-corrected chi connectivity index (χ0v) is 13.7. The topological polar surface area (TPSA) is 37.4 Å². The average molecular weight is 287 g/mol. The third kappa shape index (κ3) is 3.34. The molecule has 0 spiro atoms. The first-order chi connectivity index (χ1) is 9.79. The fraction of sp³-hybridized carbons (Fsp3) is 0.556. The van der Waals surface area contributed by atoms with Crippen molar-refractivity contribution in [2.24, 2.45) is 11.8 Å². The van der Waals surface area contributed by atoms with Crippen molar-refractivity contribution in [3.05, 3.63) is 34.4 Å². The summed E-state index contributed by atoms with van der Waals surface area (Å²) in [6, 6.07) is 4.06. The Morgan fingerprint density at radius 3 is 2.29 bits per heavy atom. The molecule has 0 aromatic heterocycles. The minimum atomic E-state index is 0.0581. The van der Waals surface area contributed by atoms with Gasteiger partial charge in [-0.2, -0.15) is 0 Å². The fourth-order valence-corrected chi connectivity index (χ4v) is 3.27. The van der Waals surface area contributed by atoms with E-state index in [1.807, 2.05) is 32.9 Å². The number of carbonyl (C=O) groups is 2. The monoisotopic (exact) mass is 287 g/mol. The molecule has 1 heterocycles. The van der Waals surface area contributed by atoms with Crippen molar-refractivity contribution >= 4 is 11.7 Å². The lowest BCUT2D eigenvalue weighted by Gasteiger charge is -2.19. The van der Waals surface area contributed by atoms with Gasteiger partial charge in [-0.1, -0.05) is 31.5 Å². The molecule has 2 rings (SSSR count). The summed E-state index contributed by atoms with van der Waals surface area (Å²) in [6.45, 7) is 11.2. The summed E-state index contributed by atoms with van der Waals surface area (Å²) in [5.74, 6) is 1.04. The van der Waals surface area contributed by atoms with Gasteiger partial charge in [0.2, 0.25) is 5.91 Å². The average Bonchev–Trinajstić information content (AvgIpc) is 2.69. The second kappa shape index (κ2) is 6.00. The Hall–Kier alpha value is -1.64. The Morgan fingerprint density at radius 1 is 1.24 bits per heavy atom. The summed E-state index contributed by atoms with van der Waals surface area (Å²) in [4.78, 5) is 26.4. The van der Waals surface area contributed by atoms with E-state index >= 15 is 0 Å². The van der Waals surface area contributed by atoms with E-state index in [-0.39, 0.29) is 18.2 Å². The van der Waals surface area contributed by atoms with Gasteiger partial charge in [0, 0.05) is 18.5 Å². The molecule has 0 bridgehead atoms. The van der Waals surface area contributed by atoms with Crippen molar-refractivity contribution in [2.75, 3.05) is 13.1 Å². The molecule has 1 fully saturated rings. The first kappa shape index (κ1) is 15.7. The maximum atomic E-state index is 12.6. The van der Waals surface area contributed by atoms with Crippen LogP contribution in [0.3, 0.4) is 0 Å². The van der Waals surface area contributed by atoms with Gasteiger partial charge in [-0.25, -0.2) is 0 Å². The van der Waals surface area contributed by atoms with E-state index in [0.717, 1.165) is 16.7 Å². The molecule has 3 nitrogen and oxygen atoms in total. The van der Waals surface area contributed by atoms with Crippen LogP contribution in [0, 0.1) is 32.6 Å². The minimum Gasteiger partial charge on any atom is -0.335 e. The van der Waals surface area contributed by atoms with Gasteiger partial charge in [0.15, 0.2) is 5.78 Å². The molecule has 3 heteroatoms. The number of likely N-dealkylation sites (tertiary alicyclic amines) is 1. The van der Waals surface area contributed by atoms with Crippen LogP contribution in [0.25, 0.3) is 0 Å². The number of rotatable bonds is 4. The predicted molar refractivity (Wildman–Crippen MR) is 84.5 cm³/mol. The van der Waals surface area contributed by atoms with Gasteiger partial charge in [0.25, 0.3) is 0 Å². The first-order valence-electron chi connectivity index (χ1n) is 7.68. The predicted octanol–water partition coefficient (Wildman–Crippen LogP) is 3.30. The van der Waals surface area contributed by atoms with Crippen LogP contribution in [0.5, 0.6) is 0 Å². The fourth-order valence-electron chi connectivity index (χ4n) is 3.27. The highest BCUT2D eigenvalue weighted by Crippen LogP contribution is 2.25. The van der Waals surface area contributed by atoms with Crippen molar-refractivity contribution in [3.63, 3.8) is 0 Å². The Kier molecular flexibility index (Phi) is 4.50. The van der Waals surface area contributed by atoms with Gasteiger partial charge in [-0.3, -0.25) is 9.59 Å². The molecule has 1 aliphatic rings. The van der Waals surface area contributed by atoms with Gasteiger partial charge in [0.05, 0.1) is 6.54 Å². The van der Waals surface area contributed by atoms with Crippen molar-refractivity contribution in [2.45, 2.75) is 41.0 Å². The number of hydrogen-bond donors (Lipinski definition) is 0. The molecule has 1 amide bonds. The molecule has 1 unspecified atom stereocenters. The molecule has 0 aliphatic carbocycles. The zero-order chi connectivity index (χ0) is 15.7. The summed E-state index contributed by atoms with van der Waals surface area (Å²) in [5, 5.41) is 0. The number of amides is 1. The molecule has 0 saturated carbocycles. The summed E-state index contributed by atoms with van der Waals surface area (Å²) < 4.78 is 0. The smallest absolute Gasteiger partial charge is 0.223 e. The highest BCUT2D eigenvalue weighted by molar-refractivity contribution is 6.02. The van der Waals surface area contributed by atoms with Gasteiger partial charge >= 0.3 is 0 Å². The van der Waals surface area contributed by atoms with Gasteiger partial charge in [-0.05, 0) is 43.7 Å². The molecule has 1 aliphatic heterocycles. The van der Waals surface area contributed by atoms with E-state index in [9.17, 15) is 9.59 Å². The van der Waals surface area contributed by atoms with Crippen molar-refractivity contribution in [1.82, 2.24) is 4.90 Å². The summed E-state index contributed by atoms with van der Waals surface area (Å²) in [7, 11) is 0. The Morgan fingerprint density at radius 2 is 1.81 bits per heavy atom. The SMILES string of the molecule is Cc1cc(C)c(C(=O)CN2CC(C(C)C)CC2=O)c(C)c1. The highest BCUT2D eigenvalue weighted by Gasteiger charge is 2.32. The van der Waals surface area contributed by atoms with Crippen LogP contribution in [0.1, 0.15) is 47.3 Å². The standard InChI is InChI=1S/C18H25NO2/c1-11(2)15-8-17(21)19(9-15)10-16(20)18-13(4)6-12(3)7-14(18)5/h6-7,11,15H,8-10H2,1-5H3. The van der Waals surface area contributed by atoms with E-state index in [1.165, 1.54) is 5.56 Å². The molecule has 114 valence electrons. The van der Waals surface area contributed by atoms with E-state index in [0.29, 0.717) is 24.8 Å². The van der Waals surface area contributed by atoms with Crippen LogP contribution in [-0.2, 0) is 4.79 Å². The summed E-state index contributed by atoms with van der Waals surface area (Å²) >= 11 is 0. The van der Waals surface area contributed by atoms with Gasteiger partial charge in [0.1, 0.15) is 0 Å². The van der Waals surface area contributed by atoms with Crippen LogP contribution in [0.2, 0.25) is 0 Å². The molecular weight excluding hydrogens is 262 g/mol. The lowest BCUT2D eigenvalue weighted by atomic mass is 9.95. The molecular formula is C18H25NO2. The van der Waals surface area contributed by atoms with E-state index < -0.39 is 0 Å². The van der Waals surface area contributed by atoms with Gasteiger partial charge in [-0.15, -0.1) is 0 Å². The maximum absolute atomic E-state index is 12.6. The van der Waals surface area contributed by atoms with Crippen LogP contribution in [-0.4, -0.2) is 29.7 Å². The number of ketones is 1. The number of carbonyl (C=O) groups excluding carboxylic acids is 2. The third-order valence-corrected chi connectivity index (χ3v) is 4.48. The Bertz CT molecular complexity index is 552. The number of Topliss-reactive ketones (excluding diaryl/α,β-unsaturated/α-hetero) is 1. The van der Waals surface area contributed by atoms with E-state index in [2.05, 4.69) is 13.8 Å². The molecule has 1 aromatic carbocycles. The quantitative estimate of drug-likeness (QED) is 0.797. The zero-order valence-electron chi connectivity index (χ0n) is 13.7. The minimum absolute atomic E-state index is 0.0581. The molecule has 1 saturated heterocycles. The van der Waals surface area contributed by atoms with Crippen molar-refractivity contribution < 1.29 is 9.59 Å². The lowest BCUT2D eigenvalue weighted by molar-refractivity contribution is -0.127. The number of hydrogen-bond acceptors (Lipinski definition) is 2. The molecule has 21 heavy (non-hydrogen) atoms. The van der Waals surface area contributed by atoms with Crippen LogP contribution in [0.4, 0.5) is 0 Å². The van der Waals surface area contributed by atoms with E-state index in [1.54, 1.807) is 4.90 Å². The largest absolute Gasteiger partial charge is 0.335 e. The van der Waals surface area contributed by atoms with E-state index in [4.69, 9.17) is 0 Å². The van der Waals surface area contributed by atoms with Gasteiger partial charge < -0.3 is 4.90 Å². The highest BCUT2D eigenvalue weighted by atomic mass is 16.2. The summed E-state index contributed by atoms with van der Waals surface area (Å²) in [6.07, 6.45) is 0.580. The number of nitrogens with zero attached hydrogens (tertiary/aromatic N) is 1. The second-order valence-corrected chi connectivity index (χ2v) is 6.68. The lowest BCUT2D eigenvalue weighted by Crippen LogP contribution is -2.32. The Balaban J connectivity index is 2.14. The van der Waals surface area contributed by atoms with Crippen LogP contribution >= 0.6 is 0 Å². The third-order valence-electron chi connectivity index (χ3n) is 4.48. The Labute approximate surface area is 127 Å². The number of aryl methyl sites for hydroxylation is 3. The first-order valence-corrected chi connectivity index (χ1v) is 7.68. The molecule has 1 atom stereocenters. The molecule has 0 N–H and O–H groups in total. The maximum Gasteiger partial charge on any atom is 0.223 e. The van der Waals surface area contributed by atoms with Crippen LogP contribution < -0.4 is 0 Å². The normalized spacial score (nSPS) is 18.7. The second-order valence-electron chi connectivity index (χ2n) is 6.68. The molecule has 1 aromatic rings. The van der Waals surface area contributed by atoms with Crippen molar-refractivity contribution in [1.29, 1.82) is 0 Å². The van der Waals surface area contributed by atoms with Crippen molar-refractivity contribution in [3.8, 4) is 0 Å². The van der Waals surface area contributed by atoms with Crippen LogP contribution in [0.15, 0.2) is 12.1 Å². The number of benzene rings is 1. The molecule has 0 radical (unpaired) electrons. The summed E-state index contributed by atoms with van der Waals surface area (Å²) in [5.41, 5.74) is 3.95.